The zero-order valence-corrected chi connectivity index (χ0v) is 13.4. The van der Waals surface area contributed by atoms with Gasteiger partial charge in [0.15, 0.2) is 0 Å². The van der Waals surface area contributed by atoms with E-state index in [0.717, 1.165) is 0 Å². The first-order valence-electron chi connectivity index (χ1n) is 7.30. The third-order valence-electron chi connectivity index (χ3n) is 3.79. The lowest BCUT2D eigenvalue weighted by Gasteiger charge is -2.11. The number of nitrogens with zero attached hydrogens (tertiary/aromatic N) is 2. The molecule has 0 atom stereocenters. The van der Waals surface area contributed by atoms with Gasteiger partial charge >= 0.3 is 5.97 Å². The summed E-state index contributed by atoms with van der Waals surface area (Å²) in [5.41, 5.74) is 1.27. The number of halogens is 2. The van der Waals surface area contributed by atoms with E-state index >= 15 is 0 Å². The topological polar surface area (TPSA) is 55.1 Å². The summed E-state index contributed by atoms with van der Waals surface area (Å²) in [4.78, 5) is 15.6. The van der Waals surface area contributed by atoms with Crippen LogP contribution >= 0.6 is 11.6 Å². The molecule has 3 aromatic rings. The zero-order chi connectivity index (χ0) is 17.1. The number of hydrogen-bond acceptors (Lipinski definition) is 2. The summed E-state index contributed by atoms with van der Waals surface area (Å²) in [6.45, 7) is 0.337. The van der Waals surface area contributed by atoms with Gasteiger partial charge in [0.05, 0.1) is 5.56 Å². The number of aromatic carboxylic acids is 1. The van der Waals surface area contributed by atoms with Crippen molar-refractivity contribution in [3.8, 4) is 0 Å². The van der Waals surface area contributed by atoms with Crippen molar-refractivity contribution in [3.05, 3.63) is 88.2 Å². The molecule has 0 unspecified atom stereocenters. The van der Waals surface area contributed by atoms with Gasteiger partial charge in [-0.05, 0) is 23.8 Å². The Balaban J connectivity index is 1.91. The van der Waals surface area contributed by atoms with Gasteiger partial charge in [0, 0.05) is 35.9 Å². The van der Waals surface area contributed by atoms with Crippen molar-refractivity contribution >= 4 is 17.6 Å². The fraction of sp³-hybridized carbons (Fsp3) is 0.111. The van der Waals surface area contributed by atoms with Gasteiger partial charge in [0.2, 0.25) is 0 Å². The first-order valence-corrected chi connectivity index (χ1v) is 7.68. The Kier molecular flexibility index (Phi) is 4.62. The number of benzene rings is 2. The Labute approximate surface area is 143 Å². The lowest BCUT2D eigenvalue weighted by molar-refractivity contribution is 0.0695. The predicted octanol–water partition coefficient (Wildman–Crippen LogP) is 4.01. The number of carbonyl (C=O) groups is 1. The van der Waals surface area contributed by atoms with Crippen molar-refractivity contribution < 1.29 is 14.3 Å². The minimum atomic E-state index is -0.982. The smallest absolute Gasteiger partial charge is 0.336 e. The first-order chi connectivity index (χ1) is 11.6. The molecular weight excluding hydrogens is 331 g/mol. The SMILES string of the molecule is O=C(O)c1ccccc1Cn1ccnc1Cc1c(F)cccc1Cl. The van der Waals surface area contributed by atoms with Gasteiger partial charge in [-0.15, -0.1) is 0 Å². The number of carboxylic acid groups (broad SMARTS) is 1. The molecule has 4 nitrogen and oxygen atoms in total. The number of carboxylic acids is 1. The quantitative estimate of drug-likeness (QED) is 0.760. The Morgan fingerprint density at radius 1 is 1.21 bits per heavy atom. The van der Waals surface area contributed by atoms with Crippen LogP contribution < -0.4 is 0 Å². The molecule has 6 heteroatoms. The van der Waals surface area contributed by atoms with Crippen molar-refractivity contribution in [2.24, 2.45) is 0 Å². The van der Waals surface area contributed by atoms with Crippen LogP contribution in [0.15, 0.2) is 54.9 Å². The van der Waals surface area contributed by atoms with Crippen LogP contribution in [0.1, 0.15) is 27.3 Å². The highest BCUT2D eigenvalue weighted by Gasteiger charge is 2.14. The van der Waals surface area contributed by atoms with E-state index in [1.54, 1.807) is 53.4 Å². The summed E-state index contributed by atoms with van der Waals surface area (Å²) in [6.07, 6.45) is 3.57. The molecule has 0 fully saturated rings. The van der Waals surface area contributed by atoms with E-state index in [4.69, 9.17) is 11.6 Å². The Bertz CT molecular complexity index is 872. The number of rotatable bonds is 5. The molecule has 1 aromatic heterocycles. The molecule has 0 saturated carbocycles. The Morgan fingerprint density at radius 2 is 2.00 bits per heavy atom. The third-order valence-corrected chi connectivity index (χ3v) is 4.14. The number of imidazole rings is 1. The maximum Gasteiger partial charge on any atom is 0.336 e. The number of aromatic nitrogens is 2. The Morgan fingerprint density at radius 3 is 2.75 bits per heavy atom. The molecule has 1 heterocycles. The summed E-state index contributed by atoms with van der Waals surface area (Å²) in [5.74, 6) is -0.755. The van der Waals surface area contributed by atoms with E-state index in [0.29, 0.717) is 28.5 Å². The second-order valence-electron chi connectivity index (χ2n) is 5.31. The second kappa shape index (κ2) is 6.84. The summed E-state index contributed by atoms with van der Waals surface area (Å²) >= 11 is 6.07. The molecule has 122 valence electrons. The van der Waals surface area contributed by atoms with Gasteiger partial charge in [-0.1, -0.05) is 35.9 Å². The second-order valence-corrected chi connectivity index (χ2v) is 5.72. The van der Waals surface area contributed by atoms with E-state index in [2.05, 4.69) is 4.98 Å². The van der Waals surface area contributed by atoms with E-state index in [1.165, 1.54) is 6.07 Å². The van der Waals surface area contributed by atoms with Crippen molar-refractivity contribution in [1.29, 1.82) is 0 Å². The Hall–Kier alpha value is -2.66. The largest absolute Gasteiger partial charge is 0.478 e. The molecule has 0 spiro atoms. The molecule has 0 amide bonds. The van der Waals surface area contributed by atoms with Crippen LogP contribution in [0.25, 0.3) is 0 Å². The number of hydrogen-bond donors (Lipinski definition) is 1. The highest BCUT2D eigenvalue weighted by molar-refractivity contribution is 6.31. The van der Waals surface area contributed by atoms with Crippen LogP contribution in [0.4, 0.5) is 4.39 Å². The predicted molar refractivity (Wildman–Crippen MR) is 88.9 cm³/mol. The van der Waals surface area contributed by atoms with E-state index < -0.39 is 5.97 Å². The van der Waals surface area contributed by atoms with E-state index in [1.807, 2.05) is 0 Å². The summed E-state index contributed by atoms with van der Waals surface area (Å²) < 4.78 is 15.8. The molecule has 0 radical (unpaired) electrons. The van der Waals surface area contributed by atoms with Crippen LogP contribution in [-0.4, -0.2) is 20.6 Å². The molecule has 0 aliphatic heterocycles. The maximum atomic E-state index is 14.0. The lowest BCUT2D eigenvalue weighted by atomic mass is 10.1. The zero-order valence-electron chi connectivity index (χ0n) is 12.6. The molecule has 0 saturated heterocycles. The van der Waals surface area contributed by atoms with Gasteiger partial charge in [-0.2, -0.15) is 0 Å². The minimum Gasteiger partial charge on any atom is -0.478 e. The van der Waals surface area contributed by atoms with Crippen molar-refractivity contribution in [1.82, 2.24) is 9.55 Å². The van der Waals surface area contributed by atoms with Gasteiger partial charge in [-0.3, -0.25) is 0 Å². The summed E-state index contributed by atoms with van der Waals surface area (Å²) in [6, 6.07) is 11.3. The minimum absolute atomic E-state index is 0.230. The van der Waals surface area contributed by atoms with Crippen LogP contribution in [0, 0.1) is 5.82 Å². The molecule has 24 heavy (non-hydrogen) atoms. The van der Waals surface area contributed by atoms with Crippen LogP contribution in [0.5, 0.6) is 0 Å². The fourth-order valence-corrected chi connectivity index (χ4v) is 2.79. The molecule has 1 N–H and O–H groups in total. The van der Waals surface area contributed by atoms with Gasteiger partial charge < -0.3 is 9.67 Å². The molecule has 0 aliphatic carbocycles. The normalized spacial score (nSPS) is 10.8. The van der Waals surface area contributed by atoms with Crippen molar-refractivity contribution in [3.63, 3.8) is 0 Å². The van der Waals surface area contributed by atoms with Crippen molar-refractivity contribution in [2.75, 3.05) is 0 Å². The summed E-state index contributed by atoms with van der Waals surface area (Å²) in [5, 5.41) is 9.62. The first kappa shape index (κ1) is 16.2. The van der Waals surface area contributed by atoms with Crippen LogP contribution in [-0.2, 0) is 13.0 Å². The van der Waals surface area contributed by atoms with Crippen molar-refractivity contribution in [2.45, 2.75) is 13.0 Å². The third kappa shape index (κ3) is 3.31. The molecule has 3 rings (SSSR count). The lowest BCUT2D eigenvalue weighted by Crippen LogP contribution is -2.10. The standard InChI is InChI=1S/C18H14ClFN2O2/c19-15-6-3-7-16(20)14(15)10-17-21-8-9-22(17)11-12-4-1-2-5-13(12)18(23)24/h1-9H,10-11H2,(H,23,24). The maximum absolute atomic E-state index is 14.0. The van der Waals surface area contributed by atoms with Gasteiger partial charge in [0.25, 0.3) is 0 Å². The highest BCUT2D eigenvalue weighted by Crippen LogP contribution is 2.22. The molecule has 0 aliphatic rings. The highest BCUT2D eigenvalue weighted by atomic mass is 35.5. The van der Waals surface area contributed by atoms with E-state index in [-0.39, 0.29) is 17.8 Å². The fourth-order valence-electron chi connectivity index (χ4n) is 2.56. The molecule has 0 bridgehead atoms. The monoisotopic (exact) mass is 344 g/mol. The molecule has 2 aromatic carbocycles. The summed E-state index contributed by atoms with van der Waals surface area (Å²) in [7, 11) is 0. The van der Waals surface area contributed by atoms with Gasteiger partial charge in [-0.25, -0.2) is 14.2 Å². The van der Waals surface area contributed by atoms with Crippen LogP contribution in [0.3, 0.4) is 0 Å². The average molecular weight is 345 g/mol. The molecular formula is C18H14ClFN2O2. The van der Waals surface area contributed by atoms with Crippen LogP contribution in [0.2, 0.25) is 5.02 Å². The van der Waals surface area contributed by atoms with Gasteiger partial charge in [0.1, 0.15) is 11.6 Å². The van der Waals surface area contributed by atoms with E-state index in [9.17, 15) is 14.3 Å². The average Bonchev–Trinajstić information content (AvgIpc) is 2.98.